The Balaban J connectivity index is 0.000000169. The van der Waals surface area contributed by atoms with Gasteiger partial charge in [0.2, 0.25) is 0 Å². The molecule has 28 heavy (non-hydrogen) atoms. The minimum Gasteiger partial charge on any atom is -0.465 e. The molecule has 0 bridgehead atoms. The molecular weight excluding hydrogens is 354 g/mol. The molecule has 0 atom stereocenters. The molecular formula is C21H35N5O2. The van der Waals surface area contributed by atoms with Gasteiger partial charge in [-0.05, 0) is 56.8 Å². The van der Waals surface area contributed by atoms with Gasteiger partial charge in [0, 0.05) is 57.3 Å². The average Bonchev–Trinajstić information content (AvgIpc) is 3.14. The molecule has 4 rings (SSSR count). The third-order valence-corrected chi connectivity index (χ3v) is 6.00. The Morgan fingerprint density at radius 3 is 2.43 bits per heavy atom. The van der Waals surface area contributed by atoms with Gasteiger partial charge in [0.1, 0.15) is 0 Å². The molecule has 0 amide bonds. The number of nitrogens with one attached hydrogen (secondary N) is 2. The van der Waals surface area contributed by atoms with Crippen molar-refractivity contribution in [2.24, 2.45) is 5.41 Å². The normalized spacial score (nSPS) is 21.8. The maximum atomic E-state index is 11.0. The fourth-order valence-electron chi connectivity index (χ4n) is 4.33. The Hall–Kier alpha value is -1.70. The van der Waals surface area contributed by atoms with E-state index in [1.807, 2.05) is 19.3 Å². The summed E-state index contributed by atoms with van der Waals surface area (Å²) in [6.07, 6.45) is 7.83. The first-order valence-corrected chi connectivity index (χ1v) is 10.7. The van der Waals surface area contributed by atoms with Crippen molar-refractivity contribution in [3.63, 3.8) is 0 Å². The van der Waals surface area contributed by atoms with Crippen LogP contribution in [0.2, 0.25) is 0 Å². The summed E-state index contributed by atoms with van der Waals surface area (Å²) < 4.78 is 4.84. The number of pyridine rings is 1. The number of carbonyl (C=O) groups is 1. The lowest BCUT2D eigenvalue weighted by Gasteiger charge is -2.34. The van der Waals surface area contributed by atoms with Crippen molar-refractivity contribution in [1.29, 1.82) is 0 Å². The third-order valence-electron chi connectivity index (χ3n) is 6.00. The Morgan fingerprint density at radius 2 is 1.75 bits per heavy atom. The molecule has 2 N–H and O–H groups in total. The van der Waals surface area contributed by atoms with Crippen LogP contribution >= 0.6 is 0 Å². The van der Waals surface area contributed by atoms with Gasteiger partial charge < -0.3 is 20.3 Å². The van der Waals surface area contributed by atoms with Crippen LogP contribution in [-0.2, 0) is 9.53 Å². The number of piperidine rings is 1. The summed E-state index contributed by atoms with van der Waals surface area (Å²) >= 11 is 0. The van der Waals surface area contributed by atoms with E-state index < -0.39 is 0 Å². The Kier molecular flexibility index (Phi) is 8.06. The Labute approximate surface area is 168 Å². The van der Waals surface area contributed by atoms with Crippen LogP contribution in [0.15, 0.2) is 24.5 Å². The van der Waals surface area contributed by atoms with Crippen LogP contribution in [0.3, 0.4) is 0 Å². The molecule has 1 aromatic heterocycles. The van der Waals surface area contributed by atoms with Gasteiger partial charge in [0.25, 0.3) is 0 Å². The molecule has 0 unspecified atom stereocenters. The van der Waals surface area contributed by atoms with Crippen molar-refractivity contribution in [1.82, 2.24) is 20.5 Å². The fraction of sp³-hybridized carbons (Fsp3) is 0.714. The van der Waals surface area contributed by atoms with Gasteiger partial charge in [-0.1, -0.05) is 0 Å². The van der Waals surface area contributed by atoms with Crippen LogP contribution in [-0.4, -0.2) is 81.4 Å². The largest absolute Gasteiger partial charge is 0.465 e. The van der Waals surface area contributed by atoms with Crippen molar-refractivity contribution in [2.45, 2.75) is 26.2 Å². The number of hydrogen-bond acceptors (Lipinski definition) is 7. The van der Waals surface area contributed by atoms with Gasteiger partial charge in [-0.3, -0.25) is 14.7 Å². The molecule has 7 heteroatoms. The first kappa shape index (κ1) is 21.0. The van der Waals surface area contributed by atoms with E-state index in [0.717, 1.165) is 26.2 Å². The topological polar surface area (TPSA) is 69.7 Å². The lowest BCUT2D eigenvalue weighted by atomic mass is 9.78. The second-order valence-electron chi connectivity index (χ2n) is 7.96. The highest BCUT2D eigenvalue weighted by Crippen LogP contribution is 2.40. The molecule has 1 spiro atoms. The zero-order chi connectivity index (χ0) is 19.7. The second-order valence-corrected chi connectivity index (χ2v) is 7.96. The quantitative estimate of drug-likeness (QED) is 0.748. The number of piperazine rings is 1. The van der Waals surface area contributed by atoms with Crippen molar-refractivity contribution in [3.8, 4) is 0 Å². The minimum absolute atomic E-state index is 0.112. The van der Waals surface area contributed by atoms with E-state index in [-0.39, 0.29) is 5.97 Å². The predicted molar refractivity (Wildman–Crippen MR) is 112 cm³/mol. The highest BCUT2D eigenvalue weighted by Gasteiger charge is 2.38. The van der Waals surface area contributed by atoms with E-state index in [1.54, 1.807) is 0 Å². The van der Waals surface area contributed by atoms with Gasteiger partial charge in [-0.2, -0.15) is 0 Å². The summed E-state index contributed by atoms with van der Waals surface area (Å²) in [4.78, 5) is 19.7. The maximum Gasteiger partial charge on any atom is 0.320 e. The molecule has 1 aromatic rings. The molecule has 0 aromatic carbocycles. The molecule has 0 aliphatic carbocycles. The molecule has 156 valence electrons. The first-order chi connectivity index (χ1) is 13.7. The molecule has 3 fully saturated rings. The van der Waals surface area contributed by atoms with Crippen LogP contribution in [0.5, 0.6) is 0 Å². The van der Waals surface area contributed by atoms with Crippen LogP contribution in [0, 0.1) is 5.41 Å². The van der Waals surface area contributed by atoms with Crippen LogP contribution in [0.25, 0.3) is 0 Å². The first-order valence-electron chi connectivity index (χ1n) is 10.7. The summed E-state index contributed by atoms with van der Waals surface area (Å²) in [5, 5.41) is 6.69. The second kappa shape index (κ2) is 10.7. The highest BCUT2D eigenvalue weighted by atomic mass is 16.5. The maximum absolute atomic E-state index is 11.0. The number of aromatic nitrogens is 1. The summed E-state index contributed by atoms with van der Waals surface area (Å²) in [7, 11) is 0. The summed E-state index contributed by atoms with van der Waals surface area (Å²) in [6, 6.07) is 4.25. The predicted octanol–water partition coefficient (Wildman–Crippen LogP) is 1.12. The van der Waals surface area contributed by atoms with Gasteiger partial charge in [-0.25, -0.2) is 0 Å². The molecule has 4 heterocycles. The number of ether oxygens (including phenoxy) is 1. The number of hydrogen-bond donors (Lipinski definition) is 2. The summed E-state index contributed by atoms with van der Waals surface area (Å²) in [5.41, 5.74) is 1.93. The standard InChI is InChI=1S/C13H19N3.C8H16N2O2/c1-6-14-7-2-12(1)16-10-5-13(11-16)3-8-15-9-4-13;1-2-12-8(11)7-10-5-3-9-4-6-10/h1-2,6-7,15H,3-5,8-11H2;9H,2-7H2,1H3. The van der Waals surface area contributed by atoms with Gasteiger partial charge in [0.15, 0.2) is 0 Å². The fourth-order valence-corrected chi connectivity index (χ4v) is 4.33. The van der Waals surface area contributed by atoms with Gasteiger partial charge in [-0.15, -0.1) is 0 Å². The highest BCUT2D eigenvalue weighted by molar-refractivity contribution is 5.71. The van der Waals surface area contributed by atoms with E-state index in [1.165, 1.54) is 51.1 Å². The van der Waals surface area contributed by atoms with E-state index in [9.17, 15) is 4.79 Å². The van der Waals surface area contributed by atoms with E-state index >= 15 is 0 Å². The van der Waals surface area contributed by atoms with E-state index in [2.05, 4.69) is 37.6 Å². The molecule has 3 aliphatic rings. The van der Waals surface area contributed by atoms with Crippen LogP contribution in [0.4, 0.5) is 5.69 Å². The molecule has 3 aliphatic heterocycles. The molecule has 0 radical (unpaired) electrons. The van der Waals surface area contributed by atoms with Crippen LogP contribution < -0.4 is 15.5 Å². The smallest absolute Gasteiger partial charge is 0.320 e. The van der Waals surface area contributed by atoms with Gasteiger partial charge >= 0.3 is 5.97 Å². The van der Waals surface area contributed by atoms with Crippen molar-refractivity contribution >= 4 is 11.7 Å². The summed E-state index contributed by atoms with van der Waals surface area (Å²) in [6.45, 7) is 11.4. The molecule has 0 saturated carbocycles. The monoisotopic (exact) mass is 389 g/mol. The average molecular weight is 390 g/mol. The molecule has 7 nitrogen and oxygen atoms in total. The zero-order valence-corrected chi connectivity index (χ0v) is 17.2. The third kappa shape index (κ3) is 6.15. The molecule has 3 saturated heterocycles. The number of nitrogens with zero attached hydrogens (tertiary/aromatic N) is 3. The Bertz CT molecular complexity index is 586. The van der Waals surface area contributed by atoms with Crippen molar-refractivity contribution in [2.75, 3.05) is 70.4 Å². The van der Waals surface area contributed by atoms with E-state index in [0.29, 0.717) is 18.6 Å². The zero-order valence-electron chi connectivity index (χ0n) is 17.2. The number of carbonyl (C=O) groups excluding carboxylic acids is 1. The lowest BCUT2D eigenvalue weighted by Crippen LogP contribution is -2.45. The summed E-state index contributed by atoms with van der Waals surface area (Å²) in [5.74, 6) is -0.112. The number of rotatable bonds is 4. The number of anilines is 1. The minimum atomic E-state index is -0.112. The van der Waals surface area contributed by atoms with Crippen molar-refractivity contribution in [3.05, 3.63) is 24.5 Å². The SMILES string of the molecule is CCOC(=O)CN1CCNCC1.c1cc(N2CCC3(CCNCC3)C2)ccn1. The number of esters is 1. The van der Waals surface area contributed by atoms with E-state index in [4.69, 9.17) is 4.74 Å². The van der Waals surface area contributed by atoms with Gasteiger partial charge in [0.05, 0.1) is 13.2 Å². The lowest BCUT2D eigenvalue weighted by molar-refractivity contribution is -0.144. The van der Waals surface area contributed by atoms with Crippen LogP contribution in [0.1, 0.15) is 26.2 Å². The van der Waals surface area contributed by atoms with Crippen molar-refractivity contribution < 1.29 is 9.53 Å². The Morgan fingerprint density at radius 1 is 1.07 bits per heavy atom.